The number of carboxylic acids is 2. The Morgan fingerprint density at radius 1 is 1.44 bits per heavy atom. The maximum absolute atomic E-state index is 13.3. The lowest BCUT2D eigenvalue weighted by Gasteiger charge is -2.56. The number of carbonyl (C=O) groups excluding carboxylic acids is 3. The van der Waals surface area contributed by atoms with Crippen LogP contribution in [0, 0.1) is 5.92 Å². The predicted octanol–water partition coefficient (Wildman–Crippen LogP) is -2.41. The molecule has 1 aromatic heterocycles. The molecule has 3 aliphatic rings. The van der Waals surface area contributed by atoms with Crippen LogP contribution >= 0.6 is 11.3 Å². The van der Waals surface area contributed by atoms with Crippen molar-refractivity contribution in [2.75, 3.05) is 11.5 Å². The lowest BCUT2D eigenvalue weighted by atomic mass is 9.89. The molecule has 1 unspecified atom stereocenters. The Morgan fingerprint density at radius 3 is 2.74 bits per heavy atom. The van der Waals surface area contributed by atoms with Crippen LogP contribution in [0.15, 0.2) is 10.5 Å². The second-order valence-electron chi connectivity index (χ2n) is 7.24. The van der Waals surface area contributed by atoms with Gasteiger partial charge in [-0.1, -0.05) is 5.16 Å². The van der Waals surface area contributed by atoms with Crippen molar-refractivity contribution in [3.8, 4) is 0 Å². The number of anilines is 1. The van der Waals surface area contributed by atoms with E-state index in [1.165, 1.54) is 5.38 Å². The first-order valence-electron chi connectivity index (χ1n) is 9.26. The van der Waals surface area contributed by atoms with Crippen LogP contribution in [0.5, 0.6) is 0 Å². The second-order valence-corrected chi connectivity index (χ2v) is 9.71. The average molecular weight is 519 g/mol. The molecule has 6 atom stereocenters. The molecule has 4 rings (SSSR count). The van der Waals surface area contributed by atoms with E-state index in [1.807, 2.05) is 0 Å². The van der Waals surface area contributed by atoms with Crippen LogP contribution in [-0.4, -0.2) is 89.0 Å². The van der Waals surface area contributed by atoms with Crippen LogP contribution in [0.25, 0.3) is 0 Å². The number of thiazole rings is 1. The minimum atomic E-state index is -2.92. The smallest absolute Gasteiger partial charge is 0.381 e. The van der Waals surface area contributed by atoms with E-state index in [2.05, 4.69) is 20.3 Å². The molecule has 3 fully saturated rings. The van der Waals surface area contributed by atoms with Gasteiger partial charge >= 0.3 is 24.3 Å². The number of alkyl halides is 1. The quantitative estimate of drug-likeness (QED) is 0.128. The Bertz CT molecular complexity index is 1170. The number of nitrogens with two attached hydrogens (primary N) is 1. The molecule has 0 aromatic carbocycles. The van der Waals surface area contributed by atoms with Gasteiger partial charge in [0, 0.05) is 21.9 Å². The minimum Gasteiger partial charge on any atom is -0.477 e. The highest BCUT2D eigenvalue weighted by Gasteiger charge is 2.73. The van der Waals surface area contributed by atoms with Crippen LogP contribution in [0.3, 0.4) is 0 Å². The van der Waals surface area contributed by atoms with E-state index in [4.69, 9.17) is 15.6 Å². The number of β-lactam (4-membered cyclic amide) rings is 1. The number of nitrogens with zero attached hydrogens (tertiary/aromatic N) is 3. The molecule has 182 valence electrons. The van der Waals surface area contributed by atoms with E-state index < -0.39 is 75.6 Å². The molecule has 1 aromatic rings. The van der Waals surface area contributed by atoms with E-state index in [0.717, 1.165) is 11.3 Å². The Balaban J connectivity index is 1.60. The molecule has 2 amide bonds. The number of hydrogen-bond donors (Lipinski definition) is 4. The number of esters is 1. The first kappa shape index (κ1) is 23.5. The number of fused-ring (bicyclic) bond motifs is 3. The highest BCUT2D eigenvalue weighted by molar-refractivity contribution is 7.85. The van der Waals surface area contributed by atoms with E-state index in [0.29, 0.717) is 4.90 Å². The zero-order valence-electron chi connectivity index (χ0n) is 16.6. The number of carbonyl (C=O) groups is 5. The number of aromatic nitrogens is 1. The third kappa shape index (κ3) is 3.54. The zero-order valence-corrected chi connectivity index (χ0v) is 18.2. The molecular formula is C16H14FN5O10S2. The van der Waals surface area contributed by atoms with Crippen molar-refractivity contribution in [2.24, 2.45) is 11.1 Å². The van der Waals surface area contributed by atoms with Crippen molar-refractivity contribution >= 4 is 62.7 Å². The molecule has 18 heteroatoms. The standard InChI is InChI=1S/C16H14FN5O10S2/c17-9(13(26)27)32-21-7(5-2-33-15(18)19-5)10(24)20-8-11(25)22-12(8)34(30)3-4-1-6(23)31-16(4,22)14(28)29/h2,4,8-9,12H,1,3H2,(H2,18,19)(H,20,24)(H,26,27)(H,28,29)/b21-7-/t4-,8+,9?,12+,16+,34+/m0/s1. The molecule has 34 heavy (non-hydrogen) atoms. The molecule has 4 heterocycles. The number of carboxylic acid groups (broad SMARTS) is 2. The van der Waals surface area contributed by atoms with E-state index in [-0.39, 0.29) is 23.0 Å². The molecule has 0 aliphatic carbocycles. The van der Waals surface area contributed by atoms with Crippen LogP contribution in [0.1, 0.15) is 12.1 Å². The Morgan fingerprint density at radius 2 is 2.15 bits per heavy atom. The number of rotatable bonds is 7. The molecule has 3 saturated heterocycles. The van der Waals surface area contributed by atoms with Crippen molar-refractivity contribution in [1.82, 2.24) is 15.2 Å². The van der Waals surface area contributed by atoms with Gasteiger partial charge in [-0.2, -0.15) is 4.39 Å². The summed E-state index contributed by atoms with van der Waals surface area (Å²) >= 11 is 0.864. The summed E-state index contributed by atoms with van der Waals surface area (Å²) in [5, 5.41) is 23.5. The summed E-state index contributed by atoms with van der Waals surface area (Å²) in [6, 6.07) is -1.52. The molecule has 5 N–H and O–H groups in total. The number of oxime groups is 1. The van der Waals surface area contributed by atoms with Gasteiger partial charge in [-0.15, -0.1) is 11.3 Å². The van der Waals surface area contributed by atoms with Gasteiger partial charge in [0.05, 0.1) is 12.3 Å². The highest BCUT2D eigenvalue weighted by atomic mass is 32.2. The summed E-state index contributed by atoms with van der Waals surface area (Å²) in [6.07, 6.45) is -3.27. The van der Waals surface area contributed by atoms with Crippen molar-refractivity contribution < 1.29 is 52.4 Å². The van der Waals surface area contributed by atoms with Gasteiger partial charge in [-0.05, 0) is 0 Å². The molecular weight excluding hydrogens is 505 g/mol. The molecule has 0 saturated carbocycles. The number of nitrogen functional groups attached to an aromatic ring is 1. The lowest BCUT2D eigenvalue weighted by molar-refractivity contribution is -0.216. The van der Waals surface area contributed by atoms with Gasteiger partial charge in [-0.3, -0.25) is 23.5 Å². The topological polar surface area (TPSA) is 228 Å². The summed E-state index contributed by atoms with van der Waals surface area (Å²) in [4.78, 5) is 68.6. The van der Waals surface area contributed by atoms with Crippen LogP contribution in [0.4, 0.5) is 9.52 Å². The van der Waals surface area contributed by atoms with E-state index in [1.54, 1.807) is 0 Å². The van der Waals surface area contributed by atoms with Crippen LogP contribution < -0.4 is 11.1 Å². The molecule has 15 nitrogen and oxygen atoms in total. The number of halogens is 1. The number of nitrogens with one attached hydrogen (secondary N) is 1. The second kappa shape index (κ2) is 8.28. The zero-order chi connectivity index (χ0) is 24.9. The summed E-state index contributed by atoms with van der Waals surface area (Å²) < 4.78 is 31.1. The number of hydrogen-bond acceptors (Lipinski definition) is 12. The van der Waals surface area contributed by atoms with Gasteiger partial charge in [-0.25, -0.2) is 14.6 Å². The third-order valence-corrected chi connectivity index (χ3v) is 7.70. The number of amides is 2. The lowest BCUT2D eigenvalue weighted by Crippen LogP contribution is -2.83. The van der Waals surface area contributed by atoms with Crippen molar-refractivity contribution in [1.29, 1.82) is 0 Å². The van der Waals surface area contributed by atoms with Gasteiger partial charge in [0.15, 0.2) is 10.8 Å². The normalized spacial score (nSPS) is 31.0. The number of ether oxygens (including phenoxy) is 1. The fourth-order valence-electron chi connectivity index (χ4n) is 3.85. The minimum absolute atomic E-state index is 0.0256. The maximum atomic E-state index is 13.3. The molecule has 3 aliphatic heterocycles. The molecule has 0 bridgehead atoms. The van der Waals surface area contributed by atoms with Gasteiger partial charge < -0.3 is 30.8 Å². The molecule has 0 spiro atoms. The summed E-state index contributed by atoms with van der Waals surface area (Å²) in [5.41, 5.74) is 2.17. The Kier molecular flexibility index (Phi) is 5.72. The fraction of sp³-hybridized carbons (Fsp3) is 0.438. The average Bonchev–Trinajstić information content (AvgIpc) is 3.33. The van der Waals surface area contributed by atoms with Crippen molar-refractivity contribution in [2.45, 2.75) is 29.9 Å². The van der Waals surface area contributed by atoms with E-state index in [9.17, 15) is 37.7 Å². The SMILES string of the molecule is Nc1nc(/C(=N/OC(F)C(=O)O)C(=O)N[C@@H]2C(=O)N3[C@@H]2[S@](=O)C[C@@H]2CC(=O)O[C@@]23C(=O)O)cs1. The van der Waals surface area contributed by atoms with Crippen molar-refractivity contribution in [3.05, 3.63) is 11.1 Å². The monoisotopic (exact) mass is 519 g/mol. The van der Waals surface area contributed by atoms with Gasteiger partial charge in [0.1, 0.15) is 17.1 Å². The predicted molar refractivity (Wildman–Crippen MR) is 107 cm³/mol. The maximum Gasteiger partial charge on any atom is 0.381 e. The Hall–Kier alpha value is -3.67. The van der Waals surface area contributed by atoms with Crippen LogP contribution in [-0.2, 0) is 44.3 Å². The largest absolute Gasteiger partial charge is 0.477 e. The third-order valence-electron chi connectivity index (χ3n) is 5.28. The number of aliphatic carboxylic acids is 2. The summed E-state index contributed by atoms with van der Waals surface area (Å²) in [7, 11) is -1.88. The summed E-state index contributed by atoms with van der Waals surface area (Å²) in [5.74, 6) is -8.06. The molecule has 0 radical (unpaired) electrons. The van der Waals surface area contributed by atoms with Gasteiger partial charge in [0.25, 0.3) is 17.5 Å². The van der Waals surface area contributed by atoms with Crippen LogP contribution in [0.2, 0.25) is 0 Å². The fourth-order valence-corrected chi connectivity index (χ4v) is 6.32. The first-order valence-corrected chi connectivity index (χ1v) is 11.5. The first-order chi connectivity index (χ1) is 16.0. The van der Waals surface area contributed by atoms with Gasteiger partial charge in [0.2, 0.25) is 0 Å². The Labute approximate surface area is 194 Å². The van der Waals surface area contributed by atoms with E-state index >= 15 is 0 Å². The van der Waals surface area contributed by atoms with Crippen molar-refractivity contribution in [3.63, 3.8) is 0 Å². The highest BCUT2D eigenvalue weighted by Crippen LogP contribution is 2.47. The summed E-state index contributed by atoms with van der Waals surface area (Å²) in [6.45, 7) is 0.